The van der Waals surface area contributed by atoms with Crippen molar-refractivity contribution in [3.63, 3.8) is 0 Å². The molecule has 0 radical (unpaired) electrons. The van der Waals surface area contributed by atoms with E-state index in [0.29, 0.717) is 30.5 Å². The number of hydrogen-bond acceptors (Lipinski definition) is 9. The SMILES string of the molecule is C.COc1nc(N2CC3CC2CO3)cc(-n2ncc3cc(C)c(C4CCN(C5CCOC5)CC4O)cc32)n1. The number of likely N-dealkylation sites (tertiary alicyclic amines) is 1. The number of aliphatic hydroxyl groups is 1. The second-order valence-electron chi connectivity index (χ2n) is 10.9. The van der Waals surface area contributed by atoms with Crippen molar-refractivity contribution in [1.82, 2.24) is 24.6 Å². The van der Waals surface area contributed by atoms with Crippen molar-refractivity contribution in [3.8, 4) is 11.8 Å². The van der Waals surface area contributed by atoms with E-state index < -0.39 is 6.10 Å². The summed E-state index contributed by atoms with van der Waals surface area (Å²) < 4.78 is 18.7. The number of benzene rings is 1. The molecular weight excluding hydrogens is 484 g/mol. The number of aliphatic hydroxyl groups excluding tert-OH is 1. The fourth-order valence-corrected chi connectivity index (χ4v) is 6.67. The van der Waals surface area contributed by atoms with Gasteiger partial charge in [0.1, 0.15) is 5.82 Å². The van der Waals surface area contributed by atoms with Crippen molar-refractivity contribution in [3.05, 3.63) is 35.5 Å². The molecule has 10 nitrogen and oxygen atoms in total. The Morgan fingerprint density at radius 2 is 1.92 bits per heavy atom. The van der Waals surface area contributed by atoms with Gasteiger partial charge in [-0.1, -0.05) is 7.43 Å². The summed E-state index contributed by atoms with van der Waals surface area (Å²) in [5.41, 5.74) is 3.33. The van der Waals surface area contributed by atoms with Gasteiger partial charge in [0.05, 0.1) is 50.3 Å². The molecule has 4 fully saturated rings. The van der Waals surface area contributed by atoms with E-state index in [4.69, 9.17) is 19.3 Å². The van der Waals surface area contributed by atoms with Gasteiger partial charge in [-0.25, -0.2) is 4.68 Å². The minimum atomic E-state index is -0.416. The van der Waals surface area contributed by atoms with Crippen LogP contribution in [-0.4, -0.2) is 101 Å². The third-order valence-corrected chi connectivity index (χ3v) is 8.66. The highest BCUT2D eigenvalue weighted by Gasteiger charge is 2.40. The lowest BCUT2D eigenvalue weighted by Crippen LogP contribution is -2.48. The molecule has 2 bridgehead atoms. The molecule has 7 rings (SSSR count). The zero-order chi connectivity index (χ0) is 25.1. The number of fused-ring (bicyclic) bond motifs is 3. The van der Waals surface area contributed by atoms with E-state index in [9.17, 15) is 5.11 Å². The van der Waals surface area contributed by atoms with Crippen molar-refractivity contribution in [2.75, 3.05) is 51.5 Å². The molecule has 10 heteroatoms. The van der Waals surface area contributed by atoms with E-state index in [0.717, 1.165) is 68.9 Å². The molecule has 0 aliphatic carbocycles. The van der Waals surface area contributed by atoms with Crippen LogP contribution >= 0.6 is 0 Å². The first-order chi connectivity index (χ1) is 18.1. The van der Waals surface area contributed by atoms with Crippen molar-refractivity contribution in [2.45, 2.75) is 63.8 Å². The summed E-state index contributed by atoms with van der Waals surface area (Å²) in [6.07, 6.45) is 4.74. The predicted octanol–water partition coefficient (Wildman–Crippen LogP) is 2.69. The molecular formula is C28H38N6O4. The Bertz CT molecular complexity index is 1310. The van der Waals surface area contributed by atoms with Gasteiger partial charge in [0.25, 0.3) is 0 Å². The van der Waals surface area contributed by atoms with Gasteiger partial charge in [-0.15, -0.1) is 0 Å². The highest BCUT2D eigenvalue weighted by Crippen LogP contribution is 2.36. The Kier molecular flexibility index (Phi) is 6.75. The number of ether oxygens (including phenoxy) is 3. The zero-order valence-electron chi connectivity index (χ0n) is 21.4. The van der Waals surface area contributed by atoms with Crippen LogP contribution in [0.15, 0.2) is 24.4 Å². The first-order valence-corrected chi connectivity index (χ1v) is 13.4. The molecule has 3 aromatic rings. The Morgan fingerprint density at radius 1 is 1.05 bits per heavy atom. The van der Waals surface area contributed by atoms with Gasteiger partial charge in [-0.05, 0) is 56.0 Å². The van der Waals surface area contributed by atoms with E-state index >= 15 is 0 Å². The lowest BCUT2D eigenvalue weighted by Gasteiger charge is -2.39. The second kappa shape index (κ2) is 10.1. The minimum Gasteiger partial charge on any atom is -0.467 e. The highest BCUT2D eigenvalue weighted by atomic mass is 16.5. The van der Waals surface area contributed by atoms with Crippen LogP contribution < -0.4 is 9.64 Å². The number of β-amino-alcohol motifs (C(OH)–C–C–N with tert-alkyl or cyclic N) is 1. The quantitative estimate of drug-likeness (QED) is 0.542. The molecule has 1 N–H and O–H groups in total. The zero-order valence-corrected chi connectivity index (χ0v) is 21.4. The largest absolute Gasteiger partial charge is 0.467 e. The first-order valence-electron chi connectivity index (χ1n) is 13.4. The molecule has 4 saturated heterocycles. The van der Waals surface area contributed by atoms with E-state index in [-0.39, 0.29) is 19.4 Å². The number of aryl methyl sites for hydroxylation is 1. The molecule has 6 heterocycles. The fourth-order valence-electron chi connectivity index (χ4n) is 6.67. The van der Waals surface area contributed by atoms with Crippen LogP contribution in [0.25, 0.3) is 16.7 Å². The number of hydrogen-bond donors (Lipinski definition) is 1. The van der Waals surface area contributed by atoms with Crippen LogP contribution in [0, 0.1) is 6.92 Å². The van der Waals surface area contributed by atoms with Gasteiger partial charge in [-0.3, -0.25) is 4.90 Å². The highest BCUT2D eigenvalue weighted by molar-refractivity contribution is 5.82. The molecule has 4 aliphatic rings. The van der Waals surface area contributed by atoms with Crippen molar-refractivity contribution >= 4 is 16.7 Å². The maximum absolute atomic E-state index is 11.2. The number of rotatable bonds is 5. The van der Waals surface area contributed by atoms with E-state index in [1.165, 1.54) is 11.1 Å². The number of methoxy groups -OCH3 is 1. The molecule has 0 spiro atoms. The van der Waals surface area contributed by atoms with E-state index in [1.807, 2.05) is 16.9 Å². The van der Waals surface area contributed by atoms with Gasteiger partial charge >= 0.3 is 6.01 Å². The minimum absolute atomic E-state index is 0. The van der Waals surface area contributed by atoms with Crippen LogP contribution in [0.3, 0.4) is 0 Å². The number of anilines is 1. The van der Waals surface area contributed by atoms with Crippen molar-refractivity contribution < 1.29 is 19.3 Å². The third-order valence-electron chi connectivity index (χ3n) is 8.66. The summed E-state index contributed by atoms with van der Waals surface area (Å²) >= 11 is 0. The fraction of sp³-hybridized carbons (Fsp3) is 0.607. The van der Waals surface area contributed by atoms with Gasteiger partial charge < -0.3 is 24.2 Å². The normalized spacial score (nSPS) is 29.2. The second-order valence-corrected chi connectivity index (χ2v) is 10.9. The third kappa shape index (κ3) is 4.33. The number of aromatic nitrogens is 4. The van der Waals surface area contributed by atoms with Crippen LogP contribution in [0.4, 0.5) is 5.82 Å². The molecule has 0 saturated carbocycles. The Labute approximate surface area is 223 Å². The van der Waals surface area contributed by atoms with Crippen molar-refractivity contribution in [1.29, 1.82) is 0 Å². The first kappa shape index (κ1) is 25.5. The van der Waals surface area contributed by atoms with Gasteiger partial charge in [0.15, 0.2) is 5.82 Å². The number of nitrogens with zero attached hydrogens (tertiary/aromatic N) is 6. The van der Waals surface area contributed by atoms with Gasteiger partial charge in [0.2, 0.25) is 0 Å². The lowest BCUT2D eigenvalue weighted by molar-refractivity contribution is 0.0264. The standard InChI is InChI=1S/C27H34N6O4.CH4/c1-16-7-17-11-28-33(26-10-25(29-27(30-26)35-2)32-12-20-8-19(32)15-37-20)23(17)9-22(16)21-3-5-31(13-24(21)34)18-4-6-36-14-18;/h7,9-11,18-21,24,34H,3-6,8,12-15H2,1-2H3;1H4. The van der Waals surface area contributed by atoms with Crippen molar-refractivity contribution in [2.24, 2.45) is 0 Å². The van der Waals surface area contributed by atoms with Crippen LogP contribution in [0.5, 0.6) is 6.01 Å². The molecule has 204 valence electrons. The molecule has 2 aromatic heterocycles. The summed E-state index contributed by atoms with van der Waals surface area (Å²) in [6.45, 7) is 6.95. The Morgan fingerprint density at radius 3 is 2.63 bits per heavy atom. The molecule has 4 aliphatic heterocycles. The maximum Gasteiger partial charge on any atom is 0.320 e. The average molecular weight is 523 g/mol. The Balaban J connectivity index is 0.00000264. The van der Waals surface area contributed by atoms with E-state index in [1.54, 1.807) is 7.11 Å². The smallest absolute Gasteiger partial charge is 0.320 e. The topological polar surface area (TPSA) is 98.0 Å². The molecule has 0 amide bonds. The summed E-state index contributed by atoms with van der Waals surface area (Å²) in [7, 11) is 1.59. The van der Waals surface area contributed by atoms with Crippen LogP contribution in [0.2, 0.25) is 0 Å². The van der Waals surface area contributed by atoms with E-state index in [2.05, 4.69) is 38.8 Å². The molecule has 5 unspecified atom stereocenters. The maximum atomic E-state index is 11.2. The summed E-state index contributed by atoms with van der Waals surface area (Å²) in [5.74, 6) is 1.60. The summed E-state index contributed by atoms with van der Waals surface area (Å²) in [4.78, 5) is 14.0. The van der Waals surface area contributed by atoms with Crippen LogP contribution in [0.1, 0.15) is 43.7 Å². The Hall–Kier alpha value is -2.79. The van der Waals surface area contributed by atoms with Gasteiger partial charge in [0, 0.05) is 43.1 Å². The predicted molar refractivity (Wildman–Crippen MR) is 144 cm³/mol. The molecule has 38 heavy (non-hydrogen) atoms. The summed E-state index contributed by atoms with van der Waals surface area (Å²) in [6, 6.07) is 7.45. The average Bonchev–Trinajstić information content (AvgIpc) is 3.73. The summed E-state index contributed by atoms with van der Waals surface area (Å²) in [5, 5.41) is 17.0. The van der Waals surface area contributed by atoms with Crippen LogP contribution in [-0.2, 0) is 9.47 Å². The van der Waals surface area contributed by atoms with Gasteiger partial charge in [-0.2, -0.15) is 15.1 Å². The monoisotopic (exact) mass is 522 g/mol. The number of morpholine rings is 1. The molecule has 1 aromatic carbocycles. The lowest BCUT2D eigenvalue weighted by atomic mass is 9.84. The molecule has 5 atom stereocenters. The number of piperidine rings is 1.